The Morgan fingerprint density at radius 3 is 2.71 bits per heavy atom. The van der Waals surface area contributed by atoms with E-state index in [4.69, 9.17) is 0 Å². The van der Waals surface area contributed by atoms with Gasteiger partial charge in [0.2, 0.25) is 0 Å². The first-order valence-electron chi connectivity index (χ1n) is 5.69. The van der Waals surface area contributed by atoms with Crippen LogP contribution in [-0.4, -0.2) is 16.6 Å². The van der Waals surface area contributed by atoms with Crippen molar-refractivity contribution in [1.29, 1.82) is 0 Å². The van der Waals surface area contributed by atoms with Gasteiger partial charge in [0.05, 0.1) is 5.51 Å². The molecule has 1 heterocycles. The summed E-state index contributed by atoms with van der Waals surface area (Å²) >= 11 is 1.67. The summed E-state index contributed by atoms with van der Waals surface area (Å²) in [6, 6.07) is 7.68. The van der Waals surface area contributed by atoms with Gasteiger partial charge in [0.15, 0.2) is 0 Å². The van der Waals surface area contributed by atoms with Crippen molar-refractivity contribution in [1.82, 2.24) is 10.3 Å². The Labute approximate surface area is 105 Å². The van der Waals surface area contributed by atoms with Crippen LogP contribution in [0.25, 0.3) is 0 Å². The van der Waals surface area contributed by atoms with Crippen LogP contribution in [0.15, 0.2) is 36.0 Å². The van der Waals surface area contributed by atoms with E-state index in [0.29, 0.717) is 11.8 Å². The van der Waals surface area contributed by atoms with Crippen molar-refractivity contribution >= 4 is 11.3 Å². The van der Waals surface area contributed by atoms with Gasteiger partial charge in [-0.15, -0.1) is 11.3 Å². The second-order valence-corrected chi connectivity index (χ2v) is 4.80. The van der Waals surface area contributed by atoms with E-state index in [1.54, 1.807) is 23.5 Å². The van der Waals surface area contributed by atoms with E-state index >= 15 is 0 Å². The number of nitrogens with one attached hydrogen (secondary N) is 1. The highest BCUT2D eigenvalue weighted by Gasteiger charge is 2.12. The number of thiazole rings is 1. The van der Waals surface area contributed by atoms with Crippen LogP contribution in [0.2, 0.25) is 0 Å². The maximum Gasteiger partial charge on any atom is 0.115 e. The monoisotopic (exact) mass is 248 g/mol. The fourth-order valence-corrected chi connectivity index (χ4v) is 2.48. The third kappa shape index (κ3) is 3.28. The molecule has 0 aliphatic carbocycles. The largest absolute Gasteiger partial charge is 0.508 e. The predicted octanol–water partition coefficient (Wildman–Crippen LogP) is 2.74. The van der Waals surface area contributed by atoms with Crippen molar-refractivity contribution in [3.05, 3.63) is 46.4 Å². The smallest absolute Gasteiger partial charge is 0.115 e. The number of phenols is 1. The minimum Gasteiger partial charge on any atom is -0.508 e. The normalized spacial score (nSPS) is 12.5. The average molecular weight is 248 g/mol. The molecule has 0 bridgehead atoms. The molecule has 1 atom stereocenters. The highest BCUT2D eigenvalue weighted by molar-refractivity contribution is 7.09. The van der Waals surface area contributed by atoms with E-state index in [1.807, 2.05) is 23.8 Å². The molecular formula is C13H16N2OS. The molecule has 4 heteroatoms. The van der Waals surface area contributed by atoms with Crippen LogP contribution in [0, 0.1) is 0 Å². The number of phenolic OH excluding ortho intramolecular Hbond substituents is 1. The lowest BCUT2D eigenvalue weighted by atomic mass is 10.0. The van der Waals surface area contributed by atoms with E-state index in [-0.39, 0.29) is 0 Å². The van der Waals surface area contributed by atoms with E-state index in [0.717, 1.165) is 13.0 Å². The Hall–Kier alpha value is -1.39. The maximum atomic E-state index is 9.25. The van der Waals surface area contributed by atoms with Crippen molar-refractivity contribution in [3.8, 4) is 5.75 Å². The van der Waals surface area contributed by atoms with Crippen molar-refractivity contribution in [2.24, 2.45) is 0 Å². The number of hydrogen-bond acceptors (Lipinski definition) is 4. The summed E-state index contributed by atoms with van der Waals surface area (Å²) in [6.45, 7) is 3.03. The van der Waals surface area contributed by atoms with Gasteiger partial charge in [-0.25, -0.2) is 0 Å². The summed E-state index contributed by atoms with van der Waals surface area (Å²) in [5.74, 6) is 0.312. The van der Waals surface area contributed by atoms with Gasteiger partial charge in [0, 0.05) is 17.1 Å². The molecule has 2 aromatic rings. The molecular weight excluding hydrogens is 232 g/mol. The van der Waals surface area contributed by atoms with Crippen molar-refractivity contribution in [2.45, 2.75) is 19.4 Å². The Balaban J connectivity index is 2.10. The van der Waals surface area contributed by atoms with Gasteiger partial charge in [0.1, 0.15) is 5.75 Å². The Morgan fingerprint density at radius 2 is 2.12 bits per heavy atom. The first-order valence-corrected chi connectivity index (χ1v) is 6.57. The van der Waals surface area contributed by atoms with Gasteiger partial charge in [-0.3, -0.25) is 4.98 Å². The number of likely N-dealkylation sites (N-methyl/N-ethyl adjacent to an activating group) is 1. The predicted molar refractivity (Wildman–Crippen MR) is 70.3 cm³/mol. The minimum absolute atomic E-state index is 0.303. The first kappa shape index (κ1) is 12.1. The van der Waals surface area contributed by atoms with Gasteiger partial charge in [0.25, 0.3) is 0 Å². The second-order valence-electron chi connectivity index (χ2n) is 3.88. The molecule has 0 saturated carbocycles. The molecule has 90 valence electrons. The SMILES string of the molecule is CCNC(Cc1ccc(O)cc1)c1cncs1. The maximum absolute atomic E-state index is 9.25. The molecule has 0 aliphatic rings. The molecule has 1 aromatic carbocycles. The van der Waals surface area contributed by atoms with Crippen molar-refractivity contribution in [2.75, 3.05) is 6.54 Å². The number of nitrogens with zero attached hydrogens (tertiary/aromatic N) is 1. The summed E-state index contributed by atoms with van der Waals surface area (Å²) in [6.07, 6.45) is 2.83. The molecule has 0 spiro atoms. The minimum atomic E-state index is 0.303. The number of hydrogen-bond donors (Lipinski definition) is 2. The molecule has 0 radical (unpaired) electrons. The van der Waals surface area contributed by atoms with Gasteiger partial charge < -0.3 is 10.4 Å². The topological polar surface area (TPSA) is 45.1 Å². The molecule has 2 rings (SSSR count). The van der Waals surface area contributed by atoms with Crippen LogP contribution in [0.3, 0.4) is 0 Å². The third-order valence-electron chi connectivity index (χ3n) is 2.62. The molecule has 1 unspecified atom stereocenters. The van der Waals surface area contributed by atoms with E-state index in [1.165, 1.54) is 10.4 Å². The van der Waals surface area contributed by atoms with E-state index in [2.05, 4.69) is 17.2 Å². The zero-order valence-corrected chi connectivity index (χ0v) is 10.6. The molecule has 17 heavy (non-hydrogen) atoms. The highest BCUT2D eigenvalue weighted by Crippen LogP contribution is 2.22. The third-order valence-corrected chi connectivity index (χ3v) is 3.51. The lowest BCUT2D eigenvalue weighted by molar-refractivity contribution is 0.474. The van der Waals surface area contributed by atoms with E-state index < -0.39 is 0 Å². The average Bonchev–Trinajstić information content (AvgIpc) is 2.85. The summed E-state index contributed by atoms with van der Waals surface area (Å²) in [5.41, 5.74) is 3.07. The summed E-state index contributed by atoms with van der Waals surface area (Å²) in [5, 5.41) is 12.7. The summed E-state index contributed by atoms with van der Waals surface area (Å²) in [4.78, 5) is 5.37. The van der Waals surface area contributed by atoms with Crippen molar-refractivity contribution < 1.29 is 5.11 Å². The summed E-state index contributed by atoms with van der Waals surface area (Å²) in [7, 11) is 0. The highest BCUT2D eigenvalue weighted by atomic mass is 32.1. The van der Waals surface area contributed by atoms with E-state index in [9.17, 15) is 5.11 Å². The van der Waals surface area contributed by atoms with Crippen LogP contribution >= 0.6 is 11.3 Å². The molecule has 0 amide bonds. The van der Waals surface area contributed by atoms with Crippen LogP contribution in [0.5, 0.6) is 5.75 Å². The Bertz CT molecular complexity index is 439. The number of aromatic nitrogens is 1. The molecule has 2 N–H and O–H groups in total. The second kappa shape index (κ2) is 5.80. The quantitative estimate of drug-likeness (QED) is 0.855. The fourth-order valence-electron chi connectivity index (χ4n) is 1.79. The Kier molecular flexibility index (Phi) is 4.12. The van der Waals surface area contributed by atoms with Gasteiger partial charge in [-0.05, 0) is 30.7 Å². The van der Waals surface area contributed by atoms with Crippen LogP contribution in [0.4, 0.5) is 0 Å². The zero-order chi connectivity index (χ0) is 12.1. The zero-order valence-electron chi connectivity index (χ0n) is 9.76. The van der Waals surface area contributed by atoms with Crippen LogP contribution in [-0.2, 0) is 6.42 Å². The lowest BCUT2D eigenvalue weighted by Crippen LogP contribution is -2.22. The molecule has 3 nitrogen and oxygen atoms in total. The van der Waals surface area contributed by atoms with Crippen LogP contribution in [0.1, 0.15) is 23.4 Å². The first-order chi connectivity index (χ1) is 8.29. The lowest BCUT2D eigenvalue weighted by Gasteiger charge is -2.16. The summed E-state index contributed by atoms with van der Waals surface area (Å²) < 4.78 is 0. The van der Waals surface area contributed by atoms with Gasteiger partial charge >= 0.3 is 0 Å². The van der Waals surface area contributed by atoms with Crippen LogP contribution < -0.4 is 5.32 Å². The standard InChI is InChI=1S/C13H16N2OS/c1-2-15-12(13-8-14-9-17-13)7-10-3-5-11(16)6-4-10/h3-6,8-9,12,15-16H,2,7H2,1H3. The van der Waals surface area contributed by atoms with Gasteiger partial charge in [-0.1, -0.05) is 19.1 Å². The fraction of sp³-hybridized carbons (Fsp3) is 0.308. The number of aromatic hydroxyl groups is 1. The molecule has 1 aromatic heterocycles. The molecule has 0 fully saturated rings. The Morgan fingerprint density at radius 1 is 1.35 bits per heavy atom. The number of benzene rings is 1. The molecule has 0 aliphatic heterocycles. The molecule has 0 saturated heterocycles. The van der Waals surface area contributed by atoms with Crippen molar-refractivity contribution in [3.63, 3.8) is 0 Å². The van der Waals surface area contributed by atoms with Gasteiger partial charge in [-0.2, -0.15) is 0 Å². The number of rotatable bonds is 5.